The van der Waals surface area contributed by atoms with E-state index in [0.29, 0.717) is 17.0 Å². The van der Waals surface area contributed by atoms with Crippen LogP contribution < -0.4 is 14.5 Å². The average molecular weight is 348 g/mol. The van der Waals surface area contributed by atoms with E-state index in [1.165, 1.54) is 17.5 Å². The third-order valence-electron chi connectivity index (χ3n) is 3.92. The van der Waals surface area contributed by atoms with Gasteiger partial charge in [0.1, 0.15) is 5.75 Å². The number of anilines is 1. The van der Waals surface area contributed by atoms with Gasteiger partial charge in [0.15, 0.2) is 0 Å². The van der Waals surface area contributed by atoms with Crippen LogP contribution in [0.25, 0.3) is 0 Å². The van der Waals surface area contributed by atoms with Crippen LogP contribution in [0.5, 0.6) is 5.75 Å². The Labute approximate surface area is 139 Å². The van der Waals surface area contributed by atoms with Gasteiger partial charge >= 0.3 is 0 Å². The number of amides is 1. The smallest absolute Gasteiger partial charge is 0.265 e. The van der Waals surface area contributed by atoms with Crippen LogP contribution in [0.2, 0.25) is 0 Å². The van der Waals surface area contributed by atoms with Gasteiger partial charge in [-0.1, -0.05) is 30.3 Å². The van der Waals surface area contributed by atoms with Gasteiger partial charge in [-0.15, -0.1) is 0 Å². The predicted octanol–water partition coefficient (Wildman–Crippen LogP) is 1.84. The third kappa shape index (κ3) is 2.49. The van der Waals surface area contributed by atoms with Crippen LogP contribution in [0.4, 0.5) is 5.69 Å². The lowest BCUT2D eigenvalue weighted by molar-refractivity contribution is -0.129. The van der Waals surface area contributed by atoms with E-state index in [2.05, 4.69) is 0 Å². The molecule has 2 aromatic carbocycles. The quantitative estimate of drug-likeness (QED) is 0.649. The number of rotatable bonds is 4. The van der Waals surface area contributed by atoms with Crippen LogP contribution in [-0.2, 0) is 14.8 Å². The lowest BCUT2D eigenvalue weighted by Crippen LogP contribution is -2.32. The maximum absolute atomic E-state index is 13.0. The fraction of sp³-hybridized carbons (Fsp3) is 0.188. The maximum atomic E-state index is 13.0. The minimum Gasteiger partial charge on any atom is -0.495 e. The number of nitrogens with one attached hydrogen (secondary N) is 1. The Balaban J connectivity index is 2.20. The van der Waals surface area contributed by atoms with Crippen molar-refractivity contribution in [2.24, 2.45) is 0 Å². The molecule has 1 aliphatic heterocycles. The zero-order valence-electron chi connectivity index (χ0n) is 12.8. The number of fused-ring (bicyclic) bond motifs is 1. The number of hydrogen-bond acceptors (Lipinski definition) is 5. The topological polar surface area (TPSA) is 95.9 Å². The minimum atomic E-state index is -3.84. The van der Waals surface area contributed by atoms with Crippen LogP contribution in [-0.4, -0.2) is 26.6 Å². The molecule has 2 N–H and O–H groups in total. The van der Waals surface area contributed by atoms with Gasteiger partial charge in [-0.25, -0.2) is 13.9 Å². The van der Waals surface area contributed by atoms with Crippen LogP contribution in [0.1, 0.15) is 18.0 Å². The zero-order valence-corrected chi connectivity index (χ0v) is 13.7. The van der Waals surface area contributed by atoms with Crippen LogP contribution in [0.15, 0.2) is 53.4 Å². The van der Waals surface area contributed by atoms with Gasteiger partial charge in [0.05, 0.1) is 30.2 Å². The van der Waals surface area contributed by atoms with Gasteiger partial charge in [0.25, 0.3) is 10.0 Å². The first-order valence-electron chi connectivity index (χ1n) is 7.20. The largest absolute Gasteiger partial charge is 0.495 e. The number of hydrogen-bond donors (Lipinski definition) is 2. The van der Waals surface area contributed by atoms with Crippen molar-refractivity contribution in [3.8, 4) is 5.75 Å². The van der Waals surface area contributed by atoms with Gasteiger partial charge in [-0.05, 0) is 23.8 Å². The number of ether oxygens (including phenoxy) is 1. The number of para-hydroxylation sites is 2. The summed E-state index contributed by atoms with van der Waals surface area (Å²) in [5.41, 5.74) is 2.41. The predicted molar refractivity (Wildman–Crippen MR) is 86.4 cm³/mol. The highest BCUT2D eigenvalue weighted by Gasteiger charge is 2.44. The summed E-state index contributed by atoms with van der Waals surface area (Å²) in [5.74, 6) is -0.296. The summed E-state index contributed by atoms with van der Waals surface area (Å²) in [5, 5.41) is 8.84. The molecule has 126 valence electrons. The normalized spacial score (nSPS) is 18.1. The molecule has 3 rings (SSSR count). The maximum Gasteiger partial charge on any atom is 0.265 e. The fourth-order valence-electron chi connectivity index (χ4n) is 2.91. The molecule has 1 atom stereocenters. The van der Waals surface area contributed by atoms with E-state index in [1.807, 2.05) is 0 Å². The summed E-state index contributed by atoms with van der Waals surface area (Å²) in [4.78, 5) is 11.9. The second-order valence-electron chi connectivity index (χ2n) is 5.27. The number of methoxy groups -OCH3 is 1. The van der Waals surface area contributed by atoms with Gasteiger partial charge < -0.3 is 4.74 Å². The van der Waals surface area contributed by atoms with E-state index in [1.54, 1.807) is 47.9 Å². The van der Waals surface area contributed by atoms with Crippen molar-refractivity contribution in [1.82, 2.24) is 5.48 Å². The summed E-state index contributed by atoms with van der Waals surface area (Å²) in [6.45, 7) is 0. The Hall–Kier alpha value is -2.58. The van der Waals surface area contributed by atoms with E-state index in [9.17, 15) is 13.2 Å². The first kappa shape index (κ1) is 16.3. The van der Waals surface area contributed by atoms with Crippen molar-refractivity contribution < 1.29 is 23.2 Å². The molecule has 0 saturated heterocycles. The Morgan fingerprint density at radius 2 is 1.88 bits per heavy atom. The molecule has 0 spiro atoms. The zero-order chi connectivity index (χ0) is 17.3. The molecule has 0 saturated carbocycles. The highest BCUT2D eigenvalue weighted by Crippen LogP contribution is 2.46. The van der Waals surface area contributed by atoms with Gasteiger partial charge in [0.2, 0.25) is 5.91 Å². The lowest BCUT2D eigenvalue weighted by atomic mass is 10.0. The number of benzene rings is 2. The fourth-order valence-corrected chi connectivity index (χ4v) is 4.81. The molecule has 0 aliphatic carbocycles. The molecule has 0 fully saturated rings. The molecule has 1 amide bonds. The molecule has 2 aromatic rings. The molecule has 24 heavy (non-hydrogen) atoms. The van der Waals surface area contributed by atoms with Gasteiger partial charge in [-0.3, -0.25) is 14.3 Å². The molecule has 0 radical (unpaired) electrons. The van der Waals surface area contributed by atoms with Crippen molar-refractivity contribution in [2.45, 2.75) is 17.4 Å². The number of nitrogens with zero attached hydrogens (tertiary/aromatic N) is 1. The second kappa shape index (κ2) is 6.14. The van der Waals surface area contributed by atoms with Gasteiger partial charge in [-0.2, -0.15) is 0 Å². The van der Waals surface area contributed by atoms with Crippen LogP contribution in [0, 0.1) is 0 Å². The van der Waals surface area contributed by atoms with Crippen molar-refractivity contribution in [1.29, 1.82) is 0 Å². The first-order valence-corrected chi connectivity index (χ1v) is 8.64. The highest BCUT2D eigenvalue weighted by atomic mass is 32.2. The van der Waals surface area contributed by atoms with E-state index in [-0.39, 0.29) is 11.3 Å². The summed E-state index contributed by atoms with van der Waals surface area (Å²) in [6.07, 6.45) is -0.217. The number of carbonyl (C=O) groups is 1. The van der Waals surface area contributed by atoms with Crippen LogP contribution in [0.3, 0.4) is 0 Å². The van der Waals surface area contributed by atoms with Crippen LogP contribution >= 0.6 is 0 Å². The Kier molecular flexibility index (Phi) is 4.16. The molecular formula is C16H16N2O5S. The van der Waals surface area contributed by atoms with Crippen molar-refractivity contribution in [3.63, 3.8) is 0 Å². The standard InChI is InChI=1S/C16H16N2O5S/c1-23-14-8-4-3-7-12(14)18-13(10-16(19)17-20)11-6-2-5-9-15(11)24(18,21)22/h2-9,13,20H,10H2,1H3,(H,17,19). The number of sulfonamides is 1. The summed E-state index contributed by atoms with van der Waals surface area (Å²) in [6, 6.07) is 12.4. The molecule has 1 unspecified atom stereocenters. The Morgan fingerprint density at radius 1 is 1.21 bits per heavy atom. The third-order valence-corrected chi connectivity index (χ3v) is 5.82. The molecule has 0 bridgehead atoms. The van der Waals surface area contributed by atoms with Crippen molar-refractivity contribution in [2.75, 3.05) is 11.4 Å². The van der Waals surface area contributed by atoms with E-state index in [4.69, 9.17) is 9.94 Å². The van der Waals surface area contributed by atoms with E-state index in [0.717, 1.165) is 0 Å². The monoisotopic (exact) mass is 348 g/mol. The average Bonchev–Trinajstić information content (AvgIpc) is 2.82. The van der Waals surface area contributed by atoms with E-state index >= 15 is 0 Å². The Bertz CT molecular complexity index is 882. The molecule has 7 nitrogen and oxygen atoms in total. The van der Waals surface area contributed by atoms with E-state index < -0.39 is 22.0 Å². The number of hydroxylamine groups is 1. The summed E-state index contributed by atoms with van der Waals surface area (Å²) in [7, 11) is -2.39. The lowest BCUT2D eigenvalue weighted by Gasteiger charge is -2.26. The first-order chi connectivity index (χ1) is 11.5. The number of carbonyl (C=O) groups excluding carboxylic acids is 1. The SMILES string of the molecule is COc1ccccc1N1C(CC(=O)NO)c2ccccc2S1(=O)=O. The second-order valence-corrected chi connectivity index (χ2v) is 7.05. The molecule has 8 heteroatoms. The van der Waals surface area contributed by atoms with Crippen molar-refractivity contribution >= 4 is 21.6 Å². The molecule has 1 aliphatic rings. The Morgan fingerprint density at radius 3 is 2.58 bits per heavy atom. The molecular weight excluding hydrogens is 332 g/mol. The minimum absolute atomic E-state index is 0.145. The summed E-state index contributed by atoms with van der Waals surface area (Å²) >= 11 is 0. The van der Waals surface area contributed by atoms with Gasteiger partial charge in [0, 0.05) is 0 Å². The highest BCUT2D eigenvalue weighted by molar-refractivity contribution is 7.93. The molecule has 0 aromatic heterocycles. The van der Waals surface area contributed by atoms with Crippen molar-refractivity contribution in [3.05, 3.63) is 54.1 Å². The molecule has 1 heterocycles. The summed E-state index contributed by atoms with van der Waals surface area (Å²) < 4.78 is 32.5.